The molecule has 2 aromatic carbocycles. The van der Waals surface area contributed by atoms with E-state index in [9.17, 15) is 9.18 Å². The van der Waals surface area contributed by atoms with Crippen LogP contribution in [0.3, 0.4) is 0 Å². The molecule has 0 radical (unpaired) electrons. The Bertz CT molecular complexity index is 696. The normalized spacial score (nSPS) is 16.3. The highest BCUT2D eigenvalue weighted by Crippen LogP contribution is 2.19. The molecule has 0 aliphatic carbocycles. The quantitative estimate of drug-likeness (QED) is 0.820. The van der Waals surface area contributed by atoms with E-state index in [1.807, 2.05) is 24.3 Å². The molecule has 2 N–H and O–H groups in total. The Morgan fingerprint density at radius 2 is 2.00 bits per heavy atom. The second-order valence-corrected chi connectivity index (χ2v) is 6.55. The van der Waals surface area contributed by atoms with Crippen molar-refractivity contribution in [3.63, 3.8) is 0 Å². The summed E-state index contributed by atoms with van der Waals surface area (Å²) in [7, 11) is 0. The summed E-state index contributed by atoms with van der Waals surface area (Å²) < 4.78 is 13.7. The number of hydrogen-bond donors (Lipinski definition) is 2. The zero-order valence-electron chi connectivity index (χ0n) is 13.7. The van der Waals surface area contributed by atoms with Gasteiger partial charge in [0.25, 0.3) is 5.91 Å². The van der Waals surface area contributed by atoms with E-state index < -0.39 is 5.82 Å². The van der Waals surface area contributed by atoms with Crippen LogP contribution in [0.5, 0.6) is 0 Å². The second kappa shape index (κ2) is 9.18. The number of carbonyl (C=O) groups excluding carboxylic acids is 1. The SMILES string of the molecule is Cl.O=C(NCc1c(F)cccc1Cl)c1ccc(CC2CCNC2)cc1. The van der Waals surface area contributed by atoms with Gasteiger partial charge in [0.2, 0.25) is 0 Å². The van der Waals surface area contributed by atoms with Gasteiger partial charge in [0.15, 0.2) is 0 Å². The molecular formula is C19H21Cl2FN2O. The monoisotopic (exact) mass is 382 g/mol. The predicted molar refractivity (Wildman–Crippen MR) is 101 cm³/mol. The van der Waals surface area contributed by atoms with Crippen LogP contribution in [0, 0.1) is 11.7 Å². The van der Waals surface area contributed by atoms with Crippen molar-refractivity contribution in [3.8, 4) is 0 Å². The Hall–Kier alpha value is -1.62. The molecule has 0 aromatic heterocycles. The van der Waals surface area contributed by atoms with Crippen molar-refractivity contribution in [3.05, 3.63) is 70.0 Å². The van der Waals surface area contributed by atoms with Crippen LogP contribution < -0.4 is 10.6 Å². The molecule has 25 heavy (non-hydrogen) atoms. The van der Waals surface area contributed by atoms with Gasteiger partial charge < -0.3 is 10.6 Å². The first-order chi connectivity index (χ1) is 11.6. The minimum absolute atomic E-state index is 0. The zero-order chi connectivity index (χ0) is 16.9. The van der Waals surface area contributed by atoms with Crippen LogP contribution in [-0.4, -0.2) is 19.0 Å². The molecule has 0 bridgehead atoms. The van der Waals surface area contributed by atoms with Gasteiger partial charge in [-0.1, -0.05) is 29.8 Å². The van der Waals surface area contributed by atoms with Gasteiger partial charge in [0.05, 0.1) is 0 Å². The van der Waals surface area contributed by atoms with Crippen molar-refractivity contribution >= 4 is 29.9 Å². The van der Waals surface area contributed by atoms with Gasteiger partial charge in [-0.2, -0.15) is 0 Å². The molecule has 3 nitrogen and oxygen atoms in total. The smallest absolute Gasteiger partial charge is 0.251 e. The molecule has 6 heteroatoms. The lowest BCUT2D eigenvalue weighted by molar-refractivity contribution is 0.0950. The van der Waals surface area contributed by atoms with Gasteiger partial charge in [-0.15, -0.1) is 12.4 Å². The van der Waals surface area contributed by atoms with E-state index in [-0.39, 0.29) is 24.9 Å². The van der Waals surface area contributed by atoms with Gasteiger partial charge >= 0.3 is 0 Å². The number of carbonyl (C=O) groups is 1. The third kappa shape index (κ3) is 5.18. The average Bonchev–Trinajstić information content (AvgIpc) is 3.08. The molecule has 2 aromatic rings. The maximum atomic E-state index is 13.7. The second-order valence-electron chi connectivity index (χ2n) is 6.14. The summed E-state index contributed by atoms with van der Waals surface area (Å²) in [6, 6.07) is 12.1. The molecule has 1 fully saturated rings. The van der Waals surface area contributed by atoms with Crippen LogP contribution in [0.4, 0.5) is 4.39 Å². The molecular weight excluding hydrogens is 362 g/mol. The van der Waals surface area contributed by atoms with E-state index in [2.05, 4.69) is 10.6 Å². The number of amides is 1. The molecule has 1 heterocycles. The minimum Gasteiger partial charge on any atom is -0.348 e. The highest BCUT2D eigenvalue weighted by Gasteiger charge is 2.15. The molecule has 1 saturated heterocycles. The van der Waals surface area contributed by atoms with Crippen LogP contribution >= 0.6 is 24.0 Å². The topological polar surface area (TPSA) is 41.1 Å². The summed E-state index contributed by atoms with van der Waals surface area (Å²) in [4.78, 5) is 12.2. The molecule has 1 aliphatic rings. The first-order valence-corrected chi connectivity index (χ1v) is 8.52. The van der Waals surface area contributed by atoms with Gasteiger partial charge in [-0.3, -0.25) is 4.79 Å². The minimum atomic E-state index is -0.414. The number of rotatable bonds is 5. The van der Waals surface area contributed by atoms with Crippen LogP contribution in [0.15, 0.2) is 42.5 Å². The molecule has 1 unspecified atom stereocenters. The number of halogens is 3. The van der Waals surface area contributed by atoms with E-state index in [4.69, 9.17) is 11.6 Å². The van der Waals surface area contributed by atoms with Crippen molar-refractivity contribution in [2.75, 3.05) is 13.1 Å². The van der Waals surface area contributed by atoms with Crippen LogP contribution in [0.2, 0.25) is 5.02 Å². The van der Waals surface area contributed by atoms with E-state index >= 15 is 0 Å². The summed E-state index contributed by atoms with van der Waals surface area (Å²) >= 11 is 5.96. The predicted octanol–water partition coefficient (Wildman–Crippen LogP) is 3.98. The van der Waals surface area contributed by atoms with Crippen molar-refractivity contribution in [1.29, 1.82) is 0 Å². The average molecular weight is 383 g/mol. The van der Waals surface area contributed by atoms with Gasteiger partial charge in [-0.05, 0) is 61.7 Å². The molecule has 0 saturated carbocycles. The molecule has 3 rings (SSSR count). The first-order valence-electron chi connectivity index (χ1n) is 8.14. The summed E-state index contributed by atoms with van der Waals surface area (Å²) in [5.41, 5.74) is 2.10. The van der Waals surface area contributed by atoms with Crippen LogP contribution in [-0.2, 0) is 13.0 Å². The summed E-state index contributed by atoms with van der Waals surface area (Å²) in [5, 5.41) is 6.39. The highest BCUT2D eigenvalue weighted by molar-refractivity contribution is 6.31. The Labute approximate surface area is 158 Å². The third-order valence-electron chi connectivity index (χ3n) is 4.39. The summed E-state index contributed by atoms with van der Waals surface area (Å²) in [6.07, 6.45) is 2.23. The fourth-order valence-electron chi connectivity index (χ4n) is 2.99. The Morgan fingerprint density at radius 3 is 2.64 bits per heavy atom. The third-order valence-corrected chi connectivity index (χ3v) is 4.74. The zero-order valence-corrected chi connectivity index (χ0v) is 15.3. The van der Waals surface area contributed by atoms with Gasteiger partial charge in [-0.25, -0.2) is 4.39 Å². The van der Waals surface area contributed by atoms with Crippen molar-refractivity contribution in [1.82, 2.24) is 10.6 Å². The summed E-state index contributed by atoms with van der Waals surface area (Å²) in [5.74, 6) is 0.0274. The maximum absolute atomic E-state index is 13.7. The molecule has 0 spiro atoms. The van der Waals surface area contributed by atoms with Crippen molar-refractivity contribution in [2.24, 2.45) is 5.92 Å². The standard InChI is InChI=1S/C19H20ClFN2O.ClH/c20-17-2-1-3-18(21)16(17)12-23-19(24)15-6-4-13(5-7-15)10-14-8-9-22-11-14;/h1-7,14,22H,8-12H2,(H,23,24);1H. The van der Waals surface area contributed by atoms with E-state index in [0.717, 1.165) is 19.5 Å². The van der Waals surface area contributed by atoms with Crippen molar-refractivity contribution in [2.45, 2.75) is 19.4 Å². The Balaban J connectivity index is 0.00000225. The summed E-state index contributed by atoms with van der Waals surface area (Å²) in [6.45, 7) is 2.22. The lowest BCUT2D eigenvalue weighted by Crippen LogP contribution is -2.23. The first kappa shape index (κ1) is 19.7. The van der Waals surface area contributed by atoms with E-state index in [1.54, 1.807) is 12.1 Å². The number of benzene rings is 2. The highest BCUT2D eigenvalue weighted by atomic mass is 35.5. The lowest BCUT2D eigenvalue weighted by atomic mass is 9.98. The van der Waals surface area contributed by atoms with E-state index in [1.165, 1.54) is 18.1 Å². The van der Waals surface area contributed by atoms with Crippen LogP contribution in [0.1, 0.15) is 27.9 Å². The fraction of sp³-hybridized carbons (Fsp3) is 0.316. The molecule has 134 valence electrons. The van der Waals surface area contributed by atoms with Gasteiger partial charge in [0.1, 0.15) is 5.82 Å². The molecule has 1 aliphatic heterocycles. The van der Waals surface area contributed by atoms with Gasteiger partial charge in [0, 0.05) is 22.7 Å². The fourth-order valence-corrected chi connectivity index (χ4v) is 3.22. The lowest BCUT2D eigenvalue weighted by Gasteiger charge is -2.10. The molecule has 1 amide bonds. The van der Waals surface area contributed by atoms with Crippen molar-refractivity contribution < 1.29 is 9.18 Å². The Kier molecular flexibility index (Phi) is 7.24. The van der Waals surface area contributed by atoms with E-state index in [0.29, 0.717) is 22.1 Å². The Morgan fingerprint density at radius 1 is 1.24 bits per heavy atom. The number of nitrogens with one attached hydrogen (secondary N) is 2. The maximum Gasteiger partial charge on any atom is 0.251 e. The van der Waals surface area contributed by atoms with Crippen LogP contribution in [0.25, 0.3) is 0 Å². The largest absolute Gasteiger partial charge is 0.348 e. The molecule has 1 atom stereocenters. The number of hydrogen-bond acceptors (Lipinski definition) is 2.